The van der Waals surface area contributed by atoms with Gasteiger partial charge in [-0.3, -0.25) is 9.78 Å². The van der Waals surface area contributed by atoms with E-state index in [9.17, 15) is 9.90 Å². The maximum atomic E-state index is 12.3. The molecule has 2 heterocycles. The molecule has 0 aliphatic rings. The summed E-state index contributed by atoms with van der Waals surface area (Å²) in [5.41, 5.74) is 2.36. The molecule has 6 heteroatoms. The molecule has 0 radical (unpaired) electrons. The normalized spacial score (nSPS) is 12.3. The van der Waals surface area contributed by atoms with Crippen LogP contribution in [-0.4, -0.2) is 32.6 Å². The summed E-state index contributed by atoms with van der Waals surface area (Å²) < 4.78 is 6.91. The number of aliphatic hydroxyl groups is 1. The molecule has 1 aromatic carbocycles. The first kappa shape index (κ1) is 16.1. The van der Waals surface area contributed by atoms with E-state index in [-0.39, 0.29) is 18.7 Å². The van der Waals surface area contributed by atoms with Gasteiger partial charge >= 0.3 is 0 Å². The van der Waals surface area contributed by atoms with Gasteiger partial charge in [0, 0.05) is 6.20 Å². The van der Waals surface area contributed by atoms with Gasteiger partial charge in [0.15, 0.2) is 0 Å². The maximum Gasteiger partial charge on any atom is 0.276 e. The van der Waals surface area contributed by atoms with Gasteiger partial charge in [0.1, 0.15) is 18.5 Å². The first-order chi connectivity index (χ1) is 11.5. The predicted octanol–water partition coefficient (Wildman–Crippen LogP) is 1.85. The number of benzene rings is 1. The number of fused-ring (bicyclic) bond motifs is 1. The number of hydrogen-bond acceptors (Lipinski definition) is 5. The van der Waals surface area contributed by atoms with E-state index < -0.39 is 6.10 Å². The van der Waals surface area contributed by atoms with Crippen LogP contribution < -0.4 is 10.3 Å². The predicted molar refractivity (Wildman–Crippen MR) is 91.2 cm³/mol. The quantitative estimate of drug-likeness (QED) is 0.774. The molecule has 3 rings (SSSR count). The third-order valence-corrected chi connectivity index (χ3v) is 3.78. The summed E-state index contributed by atoms with van der Waals surface area (Å²) in [7, 11) is 0. The lowest BCUT2D eigenvalue weighted by atomic mass is 10.1. The Labute approximate surface area is 139 Å². The van der Waals surface area contributed by atoms with E-state index in [0.717, 1.165) is 16.9 Å². The van der Waals surface area contributed by atoms with Crippen LogP contribution in [0.2, 0.25) is 0 Å². The SMILES string of the molecule is Cc1ccc(C)c(OC[C@H](O)Cn2ncc3ncccc3c2=O)c1. The molecule has 0 aliphatic carbocycles. The standard InChI is InChI=1S/C18H19N3O3/c1-12-5-6-13(2)17(8-12)24-11-14(22)10-21-18(23)15-4-3-7-19-16(15)9-20-21/h3-9,14,22H,10-11H2,1-2H3/t14-/m1/s1. The smallest absolute Gasteiger partial charge is 0.276 e. The number of nitrogens with zero attached hydrogens (tertiary/aromatic N) is 3. The maximum absolute atomic E-state index is 12.3. The van der Waals surface area contributed by atoms with Crippen molar-refractivity contribution in [2.24, 2.45) is 0 Å². The van der Waals surface area contributed by atoms with Crippen LogP contribution in [0.4, 0.5) is 0 Å². The van der Waals surface area contributed by atoms with Crippen LogP contribution in [-0.2, 0) is 6.54 Å². The number of ether oxygens (including phenoxy) is 1. The van der Waals surface area contributed by atoms with E-state index in [2.05, 4.69) is 10.1 Å². The molecule has 0 spiro atoms. The van der Waals surface area contributed by atoms with Gasteiger partial charge in [-0.2, -0.15) is 5.10 Å². The monoisotopic (exact) mass is 325 g/mol. The highest BCUT2D eigenvalue weighted by molar-refractivity contribution is 5.75. The number of rotatable bonds is 5. The van der Waals surface area contributed by atoms with E-state index in [1.165, 1.54) is 10.9 Å². The van der Waals surface area contributed by atoms with Crippen LogP contribution in [0.15, 0.2) is 47.5 Å². The number of aryl methyl sites for hydroxylation is 2. The van der Waals surface area contributed by atoms with Crippen molar-refractivity contribution in [3.63, 3.8) is 0 Å². The van der Waals surface area contributed by atoms with E-state index in [0.29, 0.717) is 10.9 Å². The van der Waals surface area contributed by atoms with Gasteiger partial charge in [0.2, 0.25) is 0 Å². The van der Waals surface area contributed by atoms with Crippen LogP contribution >= 0.6 is 0 Å². The van der Waals surface area contributed by atoms with E-state index in [1.54, 1.807) is 18.3 Å². The van der Waals surface area contributed by atoms with Crippen molar-refractivity contribution in [2.75, 3.05) is 6.61 Å². The first-order valence-corrected chi connectivity index (χ1v) is 7.73. The Morgan fingerprint density at radius 3 is 2.96 bits per heavy atom. The molecule has 124 valence electrons. The fourth-order valence-electron chi connectivity index (χ4n) is 2.45. The summed E-state index contributed by atoms with van der Waals surface area (Å²) in [5, 5.41) is 14.7. The van der Waals surface area contributed by atoms with Crippen molar-refractivity contribution < 1.29 is 9.84 Å². The van der Waals surface area contributed by atoms with Crippen LogP contribution in [0.25, 0.3) is 10.9 Å². The van der Waals surface area contributed by atoms with Crippen LogP contribution in [0.3, 0.4) is 0 Å². The summed E-state index contributed by atoms with van der Waals surface area (Å²) in [6.07, 6.45) is 2.29. The Morgan fingerprint density at radius 2 is 2.12 bits per heavy atom. The second kappa shape index (κ2) is 6.80. The molecule has 0 bridgehead atoms. The molecule has 1 N–H and O–H groups in total. The highest BCUT2D eigenvalue weighted by atomic mass is 16.5. The Morgan fingerprint density at radius 1 is 1.29 bits per heavy atom. The van der Waals surface area contributed by atoms with Gasteiger partial charge in [0.25, 0.3) is 5.56 Å². The summed E-state index contributed by atoms with van der Waals surface area (Å²) >= 11 is 0. The van der Waals surface area contributed by atoms with Crippen LogP contribution in [0, 0.1) is 13.8 Å². The second-order valence-corrected chi connectivity index (χ2v) is 5.80. The van der Waals surface area contributed by atoms with Crippen molar-refractivity contribution >= 4 is 10.9 Å². The van der Waals surface area contributed by atoms with Gasteiger partial charge in [-0.15, -0.1) is 0 Å². The third-order valence-electron chi connectivity index (χ3n) is 3.78. The zero-order valence-electron chi connectivity index (χ0n) is 13.6. The van der Waals surface area contributed by atoms with Crippen molar-refractivity contribution in [1.29, 1.82) is 0 Å². The molecule has 3 aromatic rings. The minimum Gasteiger partial charge on any atom is -0.491 e. The fraction of sp³-hybridized carbons (Fsp3) is 0.278. The molecule has 0 unspecified atom stereocenters. The molecule has 0 aliphatic heterocycles. The average molecular weight is 325 g/mol. The highest BCUT2D eigenvalue weighted by Gasteiger charge is 2.11. The summed E-state index contributed by atoms with van der Waals surface area (Å²) in [6, 6.07) is 9.30. The number of hydrogen-bond donors (Lipinski definition) is 1. The summed E-state index contributed by atoms with van der Waals surface area (Å²) in [5.74, 6) is 0.733. The average Bonchev–Trinajstić information content (AvgIpc) is 2.58. The fourth-order valence-corrected chi connectivity index (χ4v) is 2.45. The first-order valence-electron chi connectivity index (χ1n) is 7.73. The molecular formula is C18H19N3O3. The molecule has 24 heavy (non-hydrogen) atoms. The van der Waals surface area contributed by atoms with Crippen molar-refractivity contribution in [3.05, 3.63) is 64.2 Å². The minimum absolute atomic E-state index is 0.0640. The molecule has 0 saturated carbocycles. The largest absolute Gasteiger partial charge is 0.491 e. The lowest BCUT2D eigenvalue weighted by Crippen LogP contribution is -2.32. The molecule has 0 fully saturated rings. The van der Waals surface area contributed by atoms with Gasteiger partial charge in [-0.1, -0.05) is 12.1 Å². The summed E-state index contributed by atoms with van der Waals surface area (Å²) in [6.45, 7) is 4.08. The molecule has 0 amide bonds. The number of pyridine rings is 1. The number of aromatic nitrogens is 3. The highest BCUT2D eigenvalue weighted by Crippen LogP contribution is 2.19. The van der Waals surface area contributed by atoms with Gasteiger partial charge in [0.05, 0.1) is 23.6 Å². The van der Waals surface area contributed by atoms with Crippen molar-refractivity contribution in [2.45, 2.75) is 26.5 Å². The van der Waals surface area contributed by atoms with Gasteiger partial charge in [-0.25, -0.2) is 4.68 Å². The topological polar surface area (TPSA) is 77.2 Å². The molecular weight excluding hydrogens is 306 g/mol. The Kier molecular flexibility index (Phi) is 4.57. The lowest BCUT2D eigenvalue weighted by Gasteiger charge is -2.15. The lowest BCUT2D eigenvalue weighted by molar-refractivity contribution is 0.0878. The van der Waals surface area contributed by atoms with Gasteiger partial charge in [-0.05, 0) is 43.2 Å². The number of aliphatic hydroxyl groups excluding tert-OH is 1. The molecule has 2 aromatic heterocycles. The van der Waals surface area contributed by atoms with Crippen molar-refractivity contribution in [3.8, 4) is 5.75 Å². The van der Waals surface area contributed by atoms with E-state index in [4.69, 9.17) is 4.74 Å². The second-order valence-electron chi connectivity index (χ2n) is 5.80. The zero-order chi connectivity index (χ0) is 17.1. The zero-order valence-corrected chi connectivity index (χ0v) is 13.6. The Hall–Kier alpha value is -2.73. The van der Waals surface area contributed by atoms with E-state index >= 15 is 0 Å². The molecule has 1 atom stereocenters. The summed E-state index contributed by atoms with van der Waals surface area (Å²) in [4.78, 5) is 16.4. The third kappa shape index (κ3) is 3.44. The van der Waals surface area contributed by atoms with Crippen LogP contribution in [0.5, 0.6) is 5.75 Å². The molecule has 0 saturated heterocycles. The van der Waals surface area contributed by atoms with Crippen molar-refractivity contribution in [1.82, 2.24) is 14.8 Å². The molecule has 6 nitrogen and oxygen atoms in total. The van der Waals surface area contributed by atoms with E-state index in [1.807, 2.05) is 32.0 Å². The Bertz CT molecular complexity index is 921. The van der Waals surface area contributed by atoms with Crippen LogP contribution in [0.1, 0.15) is 11.1 Å². The Balaban J connectivity index is 1.71. The van der Waals surface area contributed by atoms with Gasteiger partial charge < -0.3 is 9.84 Å². The minimum atomic E-state index is -0.843.